The molecule has 0 aliphatic rings. The van der Waals surface area contributed by atoms with Crippen LogP contribution in [0.25, 0.3) is 0 Å². The minimum absolute atomic E-state index is 0. The molecule has 42 valence electrons. The van der Waals surface area contributed by atoms with E-state index in [0.717, 1.165) is 10.0 Å². The molecule has 0 radical (unpaired) electrons. The van der Waals surface area contributed by atoms with Crippen molar-refractivity contribution >= 4 is 15.9 Å². The van der Waals surface area contributed by atoms with Gasteiger partial charge in [0, 0.05) is 0 Å². The van der Waals surface area contributed by atoms with Gasteiger partial charge in [0.1, 0.15) is 0 Å². The molecule has 0 saturated heterocycles. The van der Waals surface area contributed by atoms with Crippen LogP contribution in [-0.4, -0.2) is 0 Å². The molecule has 1 aromatic carbocycles. The normalized spacial score (nSPS) is 8.11. The van der Waals surface area contributed by atoms with Crippen LogP contribution in [0.3, 0.4) is 0 Å². The van der Waals surface area contributed by atoms with Crippen LogP contribution in [0.4, 0.5) is 0 Å². The summed E-state index contributed by atoms with van der Waals surface area (Å²) in [5, 5.41) is 0. The molecule has 9 heavy (non-hydrogen) atoms. The SMILES string of the molecule is [CH2-]c1cccc(Br)c1.[Na+]. The minimum Gasteiger partial charge on any atom is -0.199 e. The van der Waals surface area contributed by atoms with Crippen molar-refractivity contribution in [3.05, 3.63) is 41.2 Å². The quantitative estimate of drug-likeness (QED) is 0.389. The van der Waals surface area contributed by atoms with Crippen LogP contribution in [0.15, 0.2) is 28.7 Å². The summed E-state index contributed by atoms with van der Waals surface area (Å²) < 4.78 is 1.09. The van der Waals surface area contributed by atoms with E-state index in [4.69, 9.17) is 0 Å². The average Bonchev–Trinajstić information content (AvgIpc) is 1.64. The Labute approximate surface area is 86.1 Å². The number of hydrogen-bond acceptors (Lipinski definition) is 0. The molecule has 0 spiro atoms. The zero-order chi connectivity index (χ0) is 5.98. The Morgan fingerprint density at radius 2 is 2.00 bits per heavy atom. The molecule has 0 aliphatic carbocycles. The van der Waals surface area contributed by atoms with Gasteiger partial charge in [-0.25, -0.2) is 0 Å². The third-order valence-electron chi connectivity index (χ3n) is 0.889. The van der Waals surface area contributed by atoms with Gasteiger partial charge in [0.05, 0.1) is 0 Å². The van der Waals surface area contributed by atoms with Crippen molar-refractivity contribution in [3.8, 4) is 0 Å². The number of benzene rings is 1. The number of rotatable bonds is 0. The van der Waals surface area contributed by atoms with E-state index >= 15 is 0 Å². The molecular weight excluding hydrogens is 187 g/mol. The minimum atomic E-state index is 0. The van der Waals surface area contributed by atoms with Gasteiger partial charge in [-0.2, -0.15) is 18.6 Å². The van der Waals surface area contributed by atoms with Crippen molar-refractivity contribution in [3.63, 3.8) is 0 Å². The van der Waals surface area contributed by atoms with Crippen molar-refractivity contribution in [1.82, 2.24) is 0 Å². The van der Waals surface area contributed by atoms with Crippen LogP contribution < -0.4 is 29.6 Å². The van der Waals surface area contributed by atoms with Crippen LogP contribution in [-0.2, 0) is 0 Å². The molecule has 0 nitrogen and oxygen atoms in total. The molecule has 0 aromatic heterocycles. The summed E-state index contributed by atoms with van der Waals surface area (Å²) in [6.45, 7) is 3.75. The van der Waals surface area contributed by atoms with E-state index in [1.54, 1.807) is 0 Å². The van der Waals surface area contributed by atoms with Crippen molar-refractivity contribution in [2.24, 2.45) is 0 Å². The Balaban J connectivity index is 0.000000640. The standard InChI is InChI=1S/C7H6Br.Na/c1-6-3-2-4-7(8)5-6;/h2-5H,1H2;/q-1;+1. The topological polar surface area (TPSA) is 0 Å². The Bertz CT molecular complexity index is 169. The van der Waals surface area contributed by atoms with Crippen LogP contribution in [0, 0.1) is 6.92 Å². The van der Waals surface area contributed by atoms with Gasteiger partial charge in [0.15, 0.2) is 0 Å². The summed E-state index contributed by atoms with van der Waals surface area (Å²) >= 11 is 3.32. The van der Waals surface area contributed by atoms with Crippen LogP contribution in [0.1, 0.15) is 5.56 Å². The Kier molecular flexibility index (Phi) is 4.67. The Hall–Kier alpha value is 0.570. The molecular formula is C7H6BrNa. The van der Waals surface area contributed by atoms with Gasteiger partial charge in [0.2, 0.25) is 0 Å². The van der Waals surface area contributed by atoms with Crippen LogP contribution >= 0.6 is 15.9 Å². The van der Waals surface area contributed by atoms with Gasteiger partial charge in [-0.15, -0.1) is 12.1 Å². The maximum Gasteiger partial charge on any atom is 1.00 e. The molecule has 0 heterocycles. The van der Waals surface area contributed by atoms with E-state index in [0.29, 0.717) is 0 Å². The first-order valence-corrected chi connectivity index (χ1v) is 3.16. The number of halogens is 1. The van der Waals surface area contributed by atoms with Crippen LogP contribution in [0.2, 0.25) is 0 Å². The molecule has 1 rings (SSSR count). The second-order valence-electron chi connectivity index (χ2n) is 1.63. The second-order valence-corrected chi connectivity index (χ2v) is 2.55. The van der Waals surface area contributed by atoms with E-state index in [1.807, 2.05) is 24.3 Å². The molecule has 0 atom stereocenters. The zero-order valence-electron chi connectivity index (χ0n) is 5.39. The van der Waals surface area contributed by atoms with Crippen LogP contribution in [0.5, 0.6) is 0 Å². The van der Waals surface area contributed by atoms with E-state index < -0.39 is 0 Å². The first-order valence-electron chi connectivity index (χ1n) is 2.36. The van der Waals surface area contributed by atoms with Gasteiger partial charge in [-0.1, -0.05) is 22.0 Å². The third-order valence-corrected chi connectivity index (χ3v) is 1.38. The predicted octanol–water partition coefficient (Wildman–Crippen LogP) is -0.365. The van der Waals surface area contributed by atoms with Crippen molar-refractivity contribution in [1.29, 1.82) is 0 Å². The van der Waals surface area contributed by atoms with E-state index in [2.05, 4.69) is 22.9 Å². The molecule has 0 amide bonds. The maximum absolute atomic E-state index is 3.75. The van der Waals surface area contributed by atoms with Gasteiger partial charge in [0.25, 0.3) is 0 Å². The summed E-state index contributed by atoms with van der Waals surface area (Å²) in [7, 11) is 0. The largest absolute Gasteiger partial charge is 1.00 e. The predicted molar refractivity (Wildman–Crippen MR) is 38.6 cm³/mol. The average molecular weight is 193 g/mol. The smallest absolute Gasteiger partial charge is 0.199 e. The monoisotopic (exact) mass is 192 g/mol. The fourth-order valence-corrected chi connectivity index (χ4v) is 0.984. The van der Waals surface area contributed by atoms with Gasteiger partial charge >= 0.3 is 29.6 Å². The molecule has 2 heteroatoms. The van der Waals surface area contributed by atoms with Crippen molar-refractivity contribution in [2.45, 2.75) is 0 Å². The summed E-state index contributed by atoms with van der Waals surface area (Å²) in [6.07, 6.45) is 0. The molecule has 0 N–H and O–H groups in total. The fraction of sp³-hybridized carbons (Fsp3) is 0. The van der Waals surface area contributed by atoms with E-state index in [9.17, 15) is 0 Å². The molecule has 0 bridgehead atoms. The first kappa shape index (κ1) is 9.57. The summed E-state index contributed by atoms with van der Waals surface area (Å²) in [6, 6.07) is 7.88. The second kappa shape index (κ2) is 4.40. The fourth-order valence-electron chi connectivity index (χ4n) is 0.537. The summed E-state index contributed by atoms with van der Waals surface area (Å²) in [5.74, 6) is 0. The molecule has 0 saturated carbocycles. The van der Waals surface area contributed by atoms with Gasteiger partial charge in [-0.05, 0) is 4.47 Å². The molecule has 0 aliphatic heterocycles. The van der Waals surface area contributed by atoms with Gasteiger partial charge in [-0.3, -0.25) is 0 Å². The Morgan fingerprint density at radius 1 is 1.33 bits per heavy atom. The molecule has 0 unspecified atom stereocenters. The maximum atomic E-state index is 3.75. The Morgan fingerprint density at radius 3 is 2.33 bits per heavy atom. The molecule has 1 aromatic rings. The van der Waals surface area contributed by atoms with E-state index in [-0.39, 0.29) is 29.6 Å². The van der Waals surface area contributed by atoms with E-state index in [1.165, 1.54) is 0 Å². The number of hydrogen-bond donors (Lipinski definition) is 0. The zero-order valence-corrected chi connectivity index (χ0v) is 8.98. The van der Waals surface area contributed by atoms with Gasteiger partial charge < -0.3 is 0 Å². The van der Waals surface area contributed by atoms with Crippen molar-refractivity contribution in [2.75, 3.05) is 0 Å². The molecule has 0 fully saturated rings. The first-order chi connectivity index (χ1) is 3.79. The summed E-state index contributed by atoms with van der Waals surface area (Å²) in [5.41, 5.74) is 1.04. The third kappa shape index (κ3) is 3.31. The summed E-state index contributed by atoms with van der Waals surface area (Å²) in [4.78, 5) is 0. The van der Waals surface area contributed by atoms with Crippen molar-refractivity contribution < 1.29 is 29.6 Å².